The Bertz CT molecular complexity index is 1200. The van der Waals surface area contributed by atoms with Gasteiger partial charge >= 0.3 is 0 Å². The van der Waals surface area contributed by atoms with Crippen LogP contribution in [0.2, 0.25) is 0 Å². The van der Waals surface area contributed by atoms with Gasteiger partial charge in [-0.1, -0.05) is 24.3 Å². The smallest absolute Gasteiger partial charge is 0.256 e. The van der Waals surface area contributed by atoms with Gasteiger partial charge in [0.2, 0.25) is 0 Å². The average Bonchev–Trinajstić information content (AvgIpc) is 3.34. The third kappa shape index (κ3) is 4.15. The fourth-order valence-electron chi connectivity index (χ4n) is 3.79. The molecule has 0 radical (unpaired) electrons. The highest BCUT2D eigenvalue weighted by molar-refractivity contribution is 7.13. The van der Waals surface area contributed by atoms with Crippen LogP contribution in [0, 0.1) is 0 Å². The number of fused-ring (bicyclic) bond motifs is 1. The number of thiophene rings is 1. The quantitative estimate of drug-likeness (QED) is 0.522. The lowest BCUT2D eigenvalue weighted by Crippen LogP contribution is -2.44. The molecule has 156 valence electrons. The van der Waals surface area contributed by atoms with Crippen LogP contribution in [0.15, 0.2) is 66.2 Å². The molecule has 1 amide bonds. The number of nitrogens with zero attached hydrogens (tertiary/aromatic N) is 4. The van der Waals surface area contributed by atoms with Gasteiger partial charge in [-0.15, -0.1) is 11.3 Å². The number of nitrogens with one attached hydrogen (secondary N) is 1. The molecule has 1 aromatic carbocycles. The number of amides is 1. The summed E-state index contributed by atoms with van der Waals surface area (Å²) in [5, 5.41) is 5.86. The Morgan fingerprint density at radius 1 is 1.03 bits per heavy atom. The number of likely N-dealkylation sites (N-methyl/N-ethyl adjacent to an activating group) is 1. The molecule has 0 atom stereocenters. The van der Waals surface area contributed by atoms with Crippen molar-refractivity contribution >= 4 is 39.7 Å². The Hall–Kier alpha value is -3.29. The van der Waals surface area contributed by atoms with E-state index in [4.69, 9.17) is 4.98 Å². The van der Waals surface area contributed by atoms with Gasteiger partial charge in [-0.05, 0) is 42.8 Å². The van der Waals surface area contributed by atoms with Crippen LogP contribution in [0.1, 0.15) is 10.4 Å². The molecule has 7 heteroatoms. The highest BCUT2D eigenvalue weighted by Crippen LogP contribution is 2.28. The molecule has 6 nitrogen and oxygen atoms in total. The standard InChI is InChI=1S/C24H23N5OS/c1-28-10-12-29(13-11-28)23-9-8-17(16-25-23)26-24(30)19-15-21(22-7-4-14-31-22)27-20-6-3-2-5-18(19)20/h2-9,14-16H,10-13H2,1H3,(H,26,30). The first-order valence-corrected chi connectivity index (χ1v) is 11.2. The van der Waals surface area contributed by atoms with Gasteiger partial charge in [0.05, 0.1) is 33.5 Å². The van der Waals surface area contributed by atoms with E-state index in [1.54, 1.807) is 17.5 Å². The molecule has 0 unspecified atom stereocenters. The molecular formula is C24H23N5OS. The average molecular weight is 430 g/mol. The van der Waals surface area contributed by atoms with Crippen molar-refractivity contribution in [1.82, 2.24) is 14.9 Å². The predicted octanol–water partition coefficient (Wildman–Crippen LogP) is 4.36. The zero-order chi connectivity index (χ0) is 21.2. The van der Waals surface area contributed by atoms with Gasteiger partial charge < -0.3 is 15.1 Å². The molecule has 1 saturated heterocycles. The highest BCUT2D eigenvalue weighted by atomic mass is 32.1. The van der Waals surface area contributed by atoms with Crippen molar-refractivity contribution in [2.24, 2.45) is 0 Å². The molecule has 31 heavy (non-hydrogen) atoms. The van der Waals surface area contributed by atoms with Crippen molar-refractivity contribution in [2.45, 2.75) is 0 Å². The first-order valence-electron chi connectivity index (χ1n) is 10.3. The number of rotatable bonds is 4. The molecule has 1 aliphatic heterocycles. The van der Waals surface area contributed by atoms with Crippen molar-refractivity contribution in [3.63, 3.8) is 0 Å². The van der Waals surface area contributed by atoms with Crippen LogP contribution in [-0.2, 0) is 0 Å². The topological polar surface area (TPSA) is 61.4 Å². The van der Waals surface area contributed by atoms with Crippen LogP contribution in [0.3, 0.4) is 0 Å². The molecule has 1 fully saturated rings. The van der Waals surface area contributed by atoms with Crippen molar-refractivity contribution in [2.75, 3.05) is 43.4 Å². The van der Waals surface area contributed by atoms with Crippen LogP contribution >= 0.6 is 11.3 Å². The fourth-order valence-corrected chi connectivity index (χ4v) is 4.48. The Morgan fingerprint density at radius 2 is 1.87 bits per heavy atom. The van der Waals surface area contributed by atoms with E-state index in [1.165, 1.54) is 0 Å². The summed E-state index contributed by atoms with van der Waals surface area (Å²) in [5.74, 6) is 0.783. The van der Waals surface area contributed by atoms with Gasteiger partial charge in [0.15, 0.2) is 0 Å². The second-order valence-corrected chi connectivity index (χ2v) is 8.65. The molecule has 1 aliphatic rings. The number of hydrogen-bond donors (Lipinski definition) is 1. The fraction of sp³-hybridized carbons (Fsp3) is 0.208. The number of benzene rings is 1. The molecule has 0 aliphatic carbocycles. The Morgan fingerprint density at radius 3 is 2.61 bits per heavy atom. The van der Waals surface area contributed by atoms with E-state index in [1.807, 2.05) is 60.0 Å². The molecule has 3 aromatic heterocycles. The van der Waals surface area contributed by atoms with Crippen LogP contribution in [0.4, 0.5) is 11.5 Å². The van der Waals surface area contributed by atoms with Crippen LogP contribution < -0.4 is 10.2 Å². The van der Waals surface area contributed by atoms with Gasteiger partial charge in [0.1, 0.15) is 5.82 Å². The molecule has 1 N–H and O–H groups in total. The molecule has 4 aromatic rings. The van der Waals surface area contributed by atoms with Gasteiger partial charge in [0.25, 0.3) is 5.91 Å². The first-order chi connectivity index (χ1) is 15.2. The summed E-state index contributed by atoms with van der Waals surface area (Å²) in [6.45, 7) is 3.98. The van der Waals surface area contributed by atoms with Crippen LogP contribution in [0.25, 0.3) is 21.5 Å². The van der Waals surface area contributed by atoms with Gasteiger partial charge in [-0.2, -0.15) is 0 Å². The SMILES string of the molecule is CN1CCN(c2ccc(NC(=O)c3cc(-c4cccs4)nc4ccccc34)cn2)CC1. The Labute approximate surface area is 185 Å². The van der Waals surface area contributed by atoms with Crippen molar-refractivity contribution < 1.29 is 4.79 Å². The maximum Gasteiger partial charge on any atom is 0.256 e. The molecule has 0 bridgehead atoms. The largest absolute Gasteiger partial charge is 0.354 e. The number of aromatic nitrogens is 2. The van der Waals surface area contributed by atoms with Crippen molar-refractivity contribution in [1.29, 1.82) is 0 Å². The third-order valence-electron chi connectivity index (χ3n) is 5.57. The van der Waals surface area contributed by atoms with E-state index < -0.39 is 0 Å². The minimum absolute atomic E-state index is 0.162. The summed E-state index contributed by atoms with van der Waals surface area (Å²) < 4.78 is 0. The number of para-hydroxylation sites is 1. The lowest BCUT2D eigenvalue weighted by atomic mass is 10.1. The maximum atomic E-state index is 13.2. The number of carbonyl (C=O) groups is 1. The maximum absolute atomic E-state index is 13.2. The lowest BCUT2D eigenvalue weighted by Gasteiger charge is -2.33. The van der Waals surface area contributed by atoms with Crippen molar-refractivity contribution in [3.8, 4) is 10.6 Å². The molecule has 5 rings (SSSR count). The normalized spacial score (nSPS) is 14.7. The van der Waals surface area contributed by atoms with E-state index in [-0.39, 0.29) is 5.91 Å². The minimum atomic E-state index is -0.162. The summed E-state index contributed by atoms with van der Waals surface area (Å²) in [7, 11) is 2.13. The monoisotopic (exact) mass is 429 g/mol. The minimum Gasteiger partial charge on any atom is -0.354 e. The zero-order valence-corrected chi connectivity index (χ0v) is 18.1. The van der Waals surface area contributed by atoms with E-state index in [0.717, 1.165) is 53.5 Å². The first kappa shape index (κ1) is 19.7. The van der Waals surface area contributed by atoms with E-state index in [2.05, 4.69) is 27.1 Å². The van der Waals surface area contributed by atoms with Crippen molar-refractivity contribution in [3.05, 3.63) is 71.7 Å². The number of pyridine rings is 2. The molecule has 0 spiro atoms. The number of hydrogen-bond acceptors (Lipinski definition) is 6. The number of piperazine rings is 1. The summed E-state index contributed by atoms with van der Waals surface area (Å²) in [6.07, 6.45) is 1.73. The number of anilines is 2. The van der Waals surface area contributed by atoms with Gasteiger partial charge in [-0.25, -0.2) is 9.97 Å². The van der Waals surface area contributed by atoms with Crippen LogP contribution in [0.5, 0.6) is 0 Å². The van der Waals surface area contributed by atoms with Gasteiger partial charge in [-0.3, -0.25) is 4.79 Å². The zero-order valence-electron chi connectivity index (χ0n) is 17.3. The lowest BCUT2D eigenvalue weighted by molar-refractivity contribution is 0.102. The third-order valence-corrected chi connectivity index (χ3v) is 6.46. The summed E-state index contributed by atoms with van der Waals surface area (Å²) in [6, 6.07) is 17.5. The molecule has 0 saturated carbocycles. The molecular weight excluding hydrogens is 406 g/mol. The van der Waals surface area contributed by atoms with Crippen LogP contribution in [-0.4, -0.2) is 54.0 Å². The Kier molecular flexibility index (Phi) is 5.36. The predicted molar refractivity (Wildman–Crippen MR) is 127 cm³/mol. The molecule has 4 heterocycles. The number of carbonyl (C=O) groups excluding carboxylic acids is 1. The summed E-state index contributed by atoms with van der Waals surface area (Å²) >= 11 is 1.61. The Balaban J connectivity index is 1.40. The van der Waals surface area contributed by atoms with E-state index in [0.29, 0.717) is 11.3 Å². The summed E-state index contributed by atoms with van der Waals surface area (Å²) in [5.41, 5.74) is 2.91. The van der Waals surface area contributed by atoms with E-state index >= 15 is 0 Å². The highest BCUT2D eigenvalue weighted by Gasteiger charge is 2.17. The second-order valence-electron chi connectivity index (χ2n) is 7.70. The second kappa shape index (κ2) is 8.45. The van der Waals surface area contributed by atoms with Gasteiger partial charge in [0, 0.05) is 31.6 Å². The van der Waals surface area contributed by atoms with E-state index in [9.17, 15) is 4.79 Å². The summed E-state index contributed by atoms with van der Waals surface area (Å²) in [4.78, 5) is 28.1.